The Kier molecular flexibility index (Phi) is 4.61. The summed E-state index contributed by atoms with van der Waals surface area (Å²) in [6, 6.07) is 13.2. The summed E-state index contributed by atoms with van der Waals surface area (Å²) < 4.78 is 18.5. The summed E-state index contributed by atoms with van der Waals surface area (Å²) in [5.74, 6) is 0.395. The SMILES string of the molecule is COc1ccc(CNc2ccccc2C(C)C)cc1F. The summed E-state index contributed by atoms with van der Waals surface area (Å²) in [6.07, 6.45) is 0. The van der Waals surface area contributed by atoms with Gasteiger partial charge >= 0.3 is 0 Å². The molecule has 20 heavy (non-hydrogen) atoms. The van der Waals surface area contributed by atoms with Crippen LogP contribution >= 0.6 is 0 Å². The first-order valence-corrected chi connectivity index (χ1v) is 6.77. The number of methoxy groups -OCH3 is 1. The molecule has 0 amide bonds. The van der Waals surface area contributed by atoms with E-state index < -0.39 is 0 Å². The summed E-state index contributed by atoms with van der Waals surface area (Å²) in [5, 5.41) is 3.37. The zero-order valence-electron chi connectivity index (χ0n) is 12.1. The number of halogens is 1. The summed E-state index contributed by atoms with van der Waals surface area (Å²) in [4.78, 5) is 0. The predicted molar refractivity (Wildman–Crippen MR) is 80.8 cm³/mol. The number of ether oxygens (including phenoxy) is 1. The lowest BCUT2D eigenvalue weighted by Crippen LogP contribution is -2.04. The lowest BCUT2D eigenvalue weighted by atomic mass is 10.0. The van der Waals surface area contributed by atoms with E-state index in [2.05, 4.69) is 31.3 Å². The molecule has 0 atom stereocenters. The summed E-state index contributed by atoms with van der Waals surface area (Å²) in [7, 11) is 1.47. The third kappa shape index (κ3) is 3.29. The Bertz CT molecular complexity index is 581. The van der Waals surface area contributed by atoms with Gasteiger partial charge in [-0.3, -0.25) is 0 Å². The third-order valence-corrected chi connectivity index (χ3v) is 3.28. The zero-order valence-corrected chi connectivity index (χ0v) is 12.1. The molecule has 2 aromatic carbocycles. The molecule has 0 fully saturated rings. The van der Waals surface area contributed by atoms with Gasteiger partial charge in [-0.2, -0.15) is 0 Å². The van der Waals surface area contributed by atoms with Gasteiger partial charge in [0.05, 0.1) is 7.11 Å². The number of hydrogen-bond acceptors (Lipinski definition) is 2. The maximum atomic E-state index is 13.6. The number of rotatable bonds is 5. The van der Waals surface area contributed by atoms with Crippen molar-refractivity contribution < 1.29 is 9.13 Å². The van der Waals surface area contributed by atoms with Crippen LogP contribution in [0, 0.1) is 5.82 Å². The molecule has 0 spiro atoms. The predicted octanol–water partition coefficient (Wildman–Crippen LogP) is 4.57. The Balaban J connectivity index is 2.11. The van der Waals surface area contributed by atoms with Gasteiger partial charge in [-0.15, -0.1) is 0 Å². The van der Waals surface area contributed by atoms with E-state index in [1.807, 2.05) is 18.2 Å². The van der Waals surface area contributed by atoms with Crippen LogP contribution in [0.4, 0.5) is 10.1 Å². The number of anilines is 1. The summed E-state index contributed by atoms with van der Waals surface area (Å²) >= 11 is 0. The van der Waals surface area contributed by atoms with Crippen LogP contribution in [-0.2, 0) is 6.54 Å². The lowest BCUT2D eigenvalue weighted by molar-refractivity contribution is 0.386. The molecule has 3 heteroatoms. The van der Waals surface area contributed by atoms with Crippen LogP contribution < -0.4 is 10.1 Å². The fraction of sp³-hybridized carbons (Fsp3) is 0.294. The Morgan fingerprint density at radius 2 is 1.90 bits per heavy atom. The summed E-state index contributed by atoms with van der Waals surface area (Å²) in [5.41, 5.74) is 3.25. The van der Waals surface area contributed by atoms with Gasteiger partial charge in [-0.25, -0.2) is 4.39 Å². The molecule has 0 aliphatic heterocycles. The zero-order chi connectivity index (χ0) is 14.5. The normalized spacial score (nSPS) is 10.7. The molecule has 0 saturated heterocycles. The van der Waals surface area contributed by atoms with E-state index in [1.54, 1.807) is 6.07 Å². The quantitative estimate of drug-likeness (QED) is 0.861. The standard InChI is InChI=1S/C17H20FNO/c1-12(2)14-6-4-5-7-16(14)19-11-13-8-9-17(20-3)15(18)10-13/h4-10,12,19H,11H2,1-3H3. The first-order valence-electron chi connectivity index (χ1n) is 6.77. The van der Waals surface area contributed by atoms with Crippen molar-refractivity contribution in [2.75, 3.05) is 12.4 Å². The van der Waals surface area contributed by atoms with Crippen molar-refractivity contribution in [1.29, 1.82) is 0 Å². The molecule has 0 saturated carbocycles. The third-order valence-electron chi connectivity index (χ3n) is 3.28. The Morgan fingerprint density at radius 3 is 2.55 bits per heavy atom. The van der Waals surface area contributed by atoms with Crippen molar-refractivity contribution in [3.8, 4) is 5.75 Å². The van der Waals surface area contributed by atoms with Crippen molar-refractivity contribution >= 4 is 5.69 Å². The average Bonchev–Trinajstić information content (AvgIpc) is 2.45. The molecular weight excluding hydrogens is 253 g/mol. The van der Waals surface area contributed by atoms with Crippen LogP contribution in [0.3, 0.4) is 0 Å². The van der Waals surface area contributed by atoms with Gasteiger partial charge in [0.2, 0.25) is 0 Å². The van der Waals surface area contributed by atoms with E-state index in [0.29, 0.717) is 12.5 Å². The minimum Gasteiger partial charge on any atom is -0.494 e. The lowest BCUT2D eigenvalue weighted by Gasteiger charge is -2.14. The molecule has 0 bridgehead atoms. The molecular formula is C17H20FNO. The molecule has 0 aliphatic rings. The van der Waals surface area contributed by atoms with Gasteiger partial charge < -0.3 is 10.1 Å². The molecule has 106 valence electrons. The van der Waals surface area contributed by atoms with Gasteiger partial charge in [-0.05, 0) is 35.2 Å². The van der Waals surface area contributed by atoms with Crippen molar-refractivity contribution in [2.45, 2.75) is 26.3 Å². The van der Waals surface area contributed by atoms with Crippen molar-refractivity contribution in [2.24, 2.45) is 0 Å². The Labute approximate surface area is 119 Å². The van der Waals surface area contributed by atoms with Gasteiger partial charge in [-0.1, -0.05) is 38.1 Å². The highest BCUT2D eigenvalue weighted by Gasteiger charge is 2.07. The highest BCUT2D eigenvalue weighted by Crippen LogP contribution is 2.24. The van der Waals surface area contributed by atoms with Gasteiger partial charge in [0.25, 0.3) is 0 Å². The molecule has 0 unspecified atom stereocenters. The van der Waals surface area contributed by atoms with Gasteiger partial charge in [0, 0.05) is 12.2 Å². The molecule has 2 nitrogen and oxygen atoms in total. The second-order valence-electron chi connectivity index (χ2n) is 5.06. The highest BCUT2D eigenvalue weighted by atomic mass is 19.1. The monoisotopic (exact) mass is 273 g/mol. The average molecular weight is 273 g/mol. The molecule has 2 rings (SSSR count). The first kappa shape index (κ1) is 14.4. The van der Waals surface area contributed by atoms with Crippen LogP contribution in [0.5, 0.6) is 5.75 Å². The largest absolute Gasteiger partial charge is 0.494 e. The van der Waals surface area contributed by atoms with E-state index >= 15 is 0 Å². The molecule has 0 heterocycles. The minimum atomic E-state index is -0.330. The maximum absolute atomic E-state index is 13.6. The van der Waals surface area contributed by atoms with E-state index in [4.69, 9.17) is 4.74 Å². The number of para-hydroxylation sites is 1. The summed E-state index contributed by atoms with van der Waals surface area (Å²) in [6.45, 7) is 4.91. The van der Waals surface area contributed by atoms with E-state index in [9.17, 15) is 4.39 Å². The minimum absolute atomic E-state index is 0.274. The van der Waals surface area contributed by atoms with E-state index in [0.717, 1.165) is 11.3 Å². The van der Waals surface area contributed by atoms with Crippen LogP contribution in [0.15, 0.2) is 42.5 Å². The van der Waals surface area contributed by atoms with Crippen molar-refractivity contribution in [1.82, 2.24) is 0 Å². The topological polar surface area (TPSA) is 21.3 Å². The van der Waals surface area contributed by atoms with E-state index in [1.165, 1.54) is 18.7 Å². The molecule has 0 aromatic heterocycles. The second-order valence-corrected chi connectivity index (χ2v) is 5.06. The number of hydrogen-bond donors (Lipinski definition) is 1. The van der Waals surface area contributed by atoms with E-state index in [-0.39, 0.29) is 11.6 Å². The van der Waals surface area contributed by atoms with Gasteiger partial charge in [0.15, 0.2) is 11.6 Å². The van der Waals surface area contributed by atoms with Crippen molar-refractivity contribution in [3.05, 3.63) is 59.4 Å². The smallest absolute Gasteiger partial charge is 0.165 e. The first-order chi connectivity index (χ1) is 9.61. The highest BCUT2D eigenvalue weighted by molar-refractivity contribution is 5.52. The van der Waals surface area contributed by atoms with Gasteiger partial charge in [0.1, 0.15) is 0 Å². The van der Waals surface area contributed by atoms with Crippen LogP contribution in [-0.4, -0.2) is 7.11 Å². The Morgan fingerprint density at radius 1 is 1.15 bits per heavy atom. The van der Waals surface area contributed by atoms with Crippen LogP contribution in [0.25, 0.3) is 0 Å². The molecule has 0 radical (unpaired) electrons. The van der Waals surface area contributed by atoms with Crippen LogP contribution in [0.1, 0.15) is 30.9 Å². The molecule has 0 aliphatic carbocycles. The fourth-order valence-corrected chi connectivity index (χ4v) is 2.18. The second kappa shape index (κ2) is 6.42. The van der Waals surface area contributed by atoms with Crippen LogP contribution in [0.2, 0.25) is 0 Å². The fourth-order valence-electron chi connectivity index (χ4n) is 2.18. The maximum Gasteiger partial charge on any atom is 0.165 e. The molecule has 2 aromatic rings. The Hall–Kier alpha value is -2.03. The number of benzene rings is 2. The number of nitrogens with one attached hydrogen (secondary N) is 1. The molecule has 1 N–H and O–H groups in total. The van der Waals surface area contributed by atoms with Crippen molar-refractivity contribution in [3.63, 3.8) is 0 Å².